The number of carbonyl (C=O) groups is 2. The van der Waals surface area contributed by atoms with Crippen molar-refractivity contribution in [2.24, 2.45) is 0 Å². The SMILES string of the molecule is CCCCOC(=O)c1ccccc1NC(=O)CCOc1ccc(C)cc1. The summed E-state index contributed by atoms with van der Waals surface area (Å²) in [5, 5.41) is 2.76. The smallest absolute Gasteiger partial charge is 0.340 e. The van der Waals surface area contributed by atoms with E-state index in [0.29, 0.717) is 17.9 Å². The minimum absolute atomic E-state index is 0.188. The predicted molar refractivity (Wildman–Crippen MR) is 102 cm³/mol. The van der Waals surface area contributed by atoms with Crippen LogP contribution in [0.25, 0.3) is 0 Å². The molecule has 2 aromatic carbocycles. The molecule has 0 unspecified atom stereocenters. The van der Waals surface area contributed by atoms with Crippen LogP contribution in [-0.2, 0) is 9.53 Å². The van der Waals surface area contributed by atoms with Crippen molar-refractivity contribution in [3.05, 3.63) is 59.7 Å². The first-order chi connectivity index (χ1) is 12.6. The average molecular weight is 355 g/mol. The number of esters is 1. The van der Waals surface area contributed by atoms with Crippen molar-refractivity contribution < 1.29 is 19.1 Å². The van der Waals surface area contributed by atoms with Crippen molar-refractivity contribution in [2.45, 2.75) is 33.1 Å². The fraction of sp³-hybridized carbons (Fsp3) is 0.333. The first-order valence-corrected chi connectivity index (χ1v) is 8.85. The zero-order chi connectivity index (χ0) is 18.8. The second kappa shape index (κ2) is 10.2. The number of rotatable bonds is 9. The largest absolute Gasteiger partial charge is 0.493 e. The summed E-state index contributed by atoms with van der Waals surface area (Å²) in [6, 6.07) is 14.5. The van der Waals surface area contributed by atoms with Crippen molar-refractivity contribution in [2.75, 3.05) is 18.5 Å². The van der Waals surface area contributed by atoms with Crippen molar-refractivity contribution in [1.29, 1.82) is 0 Å². The van der Waals surface area contributed by atoms with Gasteiger partial charge in [-0.2, -0.15) is 0 Å². The van der Waals surface area contributed by atoms with Crippen LogP contribution in [-0.4, -0.2) is 25.1 Å². The highest BCUT2D eigenvalue weighted by molar-refractivity contribution is 6.01. The molecule has 0 aliphatic heterocycles. The Morgan fingerprint density at radius 1 is 1.00 bits per heavy atom. The van der Waals surface area contributed by atoms with Crippen LogP contribution < -0.4 is 10.1 Å². The van der Waals surface area contributed by atoms with Crippen molar-refractivity contribution >= 4 is 17.6 Å². The quantitative estimate of drug-likeness (QED) is 0.536. The number of aryl methyl sites for hydroxylation is 1. The molecule has 0 bridgehead atoms. The molecule has 1 amide bonds. The zero-order valence-corrected chi connectivity index (χ0v) is 15.3. The number of hydrogen-bond donors (Lipinski definition) is 1. The number of anilines is 1. The first-order valence-electron chi connectivity index (χ1n) is 8.85. The molecule has 0 aliphatic rings. The predicted octanol–water partition coefficient (Wildman–Crippen LogP) is 4.36. The standard InChI is InChI=1S/C21H25NO4/c1-3-4-14-26-21(24)18-7-5-6-8-19(18)22-20(23)13-15-25-17-11-9-16(2)10-12-17/h5-12H,3-4,13-15H2,1-2H3,(H,22,23). The molecule has 0 aromatic heterocycles. The van der Waals surface area contributed by atoms with Gasteiger partial charge in [-0.25, -0.2) is 4.79 Å². The lowest BCUT2D eigenvalue weighted by atomic mass is 10.1. The molecular weight excluding hydrogens is 330 g/mol. The Morgan fingerprint density at radius 2 is 1.73 bits per heavy atom. The molecule has 2 rings (SSSR count). The molecule has 5 nitrogen and oxygen atoms in total. The van der Waals surface area contributed by atoms with Gasteiger partial charge in [0.2, 0.25) is 5.91 Å². The molecule has 0 heterocycles. The van der Waals surface area contributed by atoms with Gasteiger partial charge in [0.25, 0.3) is 0 Å². The van der Waals surface area contributed by atoms with Gasteiger partial charge in [-0.1, -0.05) is 43.2 Å². The van der Waals surface area contributed by atoms with E-state index in [9.17, 15) is 9.59 Å². The molecule has 0 saturated carbocycles. The van der Waals surface area contributed by atoms with Crippen LogP contribution in [0.1, 0.15) is 42.1 Å². The molecule has 0 fully saturated rings. The molecule has 138 valence electrons. The molecule has 0 spiro atoms. The van der Waals surface area contributed by atoms with E-state index in [2.05, 4.69) is 5.32 Å². The van der Waals surface area contributed by atoms with E-state index in [0.717, 1.165) is 24.2 Å². The van der Waals surface area contributed by atoms with Crippen LogP contribution in [0.4, 0.5) is 5.69 Å². The topological polar surface area (TPSA) is 64.6 Å². The summed E-state index contributed by atoms with van der Waals surface area (Å²) in [6.07, 6.45) is 1.95. The van der Waals surface area contributed by atoms with E-state index >= 15 is 0 Å². The minimum atomic E-state index is -0.426. The van der Waals surface area contributed by atoms with Crippen LogP contribution in [0.3, 0.4) is 0 Å². The summed E-state index contributed by atoms with van der Waals surface area (Å²) >= 11 is 0. The lowest BCUT2D eigenvalue weighted by molar-refractivity contribution is -0.116. The molecule has 1 N–H and O–H groups in total. The summed E-state index contributed by atoms with van der Waals surface area (Å²) in [5.74, 6) is 0.0828. The zero-order valence-electron chi connectivity index (χ0n) is 15.3. The van der Waals surface area contributed by atoms with E-state index in [1.807, 2.05) is 38.1 Å². The number of benzene rings is 2. The van der Waals surface area contributed by atoms with Gasteiger partial charge in [-0.3, -0.25) is 4.79 Å². The Labute approximate surface area is 154 Å². The highest BCUT2D eigenvalue weighted by atomic mass is 16.5. The fourth-order valence-corrected chi connectivity index (χ4v) is 2.27. The summed E-state index contributed by atoms with van der Waals surface area (Å²) < 4.78 is 10.8. The number of para-hydroxylation sites is 1. The van der Waals surface area contributed by atoms with Gasteiger partial charge < -0.3 is 14.8 Å². The number of ether oxygens (including phenoxy) is 2. The monoisotopic (exact) mass is 355 g/mol. The molecule has 5 heteroatoms. The third kappa shape index (κ3) is 6.24. The number of nitrogens with one attached hydrogen (secondary N) is 1. The minimum Gasteiger partial charge on any atom is -0.493 e. The number of amides is 1. The maximum Gasteiger partial charge on any atom is 0.340 e. The molecule has 0 aliphatic carbocycles. The van der Waals surface area contributed by atoms with Crippen LogP contribution in [0.5, 0.6) is 5.75 Å². The third-order valence-electron chi connectivity index (χ3n) is 3.77. The summed E-state index contributed by atoms with van der Waals surface area (Å²) in [6.45, 7) is 4.67. The first kappa shape index (κ1) is 19.5. The average Bonchev–Trinajstić information content (AvgIpc) is 2.64. The molecule has 0 radical (unpaired) electrons. The third-order valence-corrected chi connectivity index (χ3v) is 3.77. The van der Waals surface area contributed by atoms with E-state index < -0.39 is 5.97 Å². The van der Waals surface area contributed by atoms with Gasteiger partial charge in [0, 0.05) is 0 Å². The molecule has 0 atom stereocenters. The molecule has 26 heavy (non-hydrogen) atoms. The summed E-state index contributed by atoms with van der Waals surface area (Å²) in [4.78, 5) is 24.3. The van der Waals surface area contributed by atoms with Crippen LogP contribution in [0.15, 0.2) is 48.5 Å². The summed E-state index contributed by atoms with van der Waals surface area (Å²) in [5.41, 5.74) is 1.96. The maximum atomic E-state index is 12.2. The Kier molecular flexibility index (Phi) is 7.68. The Balaban J connectivity index is 1.86. The maximum absolute atomic E-state index is 12.2. The van der Waals surface area contributed by atoms with Crippen LogP contribution >= 0.6 is 0 Å². The lowest BCUT2D eigenvalue weighted by Crippen LogP contribution is -2.18. The highest BCUT2D eigenvalue weighted by Gasteiger charge is 2.14. The Bertz CT molecular complexity index is 725. The fourth-order valence-electron chi connectivity index (χ4n) is 2.27. The Morgan fingerprint density at radius 3 is 2.46 bits per heavy atom. The van der Waals surface area contributed by atoms with Gasteiger partial charge in [0.15, 0.2) is 0 Å². The van der Waals surface area contributed by atoms with Crippen molar-refractivity contribution in [3.63, 3.8) is 0 Å². The van der Waals surface area contributed by atoms with E-state index in [1.54, 1.807) is 24.3 Å². The van der Waals surface area contributed by atoms with Gasteiger partial charge in [0.1, 0.15) is 5.75 Å². The number of unbranched alkanes of at least 4 members (excludes halogenated alkanes) is 1. The number of hydrogen-bond acceptors (Lipinski definition) is 4. The normalized spacial score (nSPS) is 10.2. The van der Waals surface area contributed by atoms with Crippen LogP contribution in [0, 0.1) is 6.92 Å². The van der Waals surface area contributed by atoms with E-state index in [-0.39, 0.29) is 18.9 Å². The van der Waals surface area contributed by atoms with Gasteiger partial charge in [-0.15, -0.1) is 0 Å². The van der Waals surface area contributed by atoms with Crippen molar-refractivity contribution in [1.82, 2.24) is 0 Å². The second-order valence-electron chi connectivity index (χ2n) is 5.99. The molecular formula is C21H25NO4. The highest BCUT2D eigenvalue weighted by Crippen LogP contribution is 2.17. The summed E-state index contributed by atoms with van der Waals surface area (Å²) in [7, 11) is 0. The molecule has 0 saturated heterocycles. The molecule has 2 aromatic rings. The van der Waals surface area contributed by atoms with Gasteiger partial charge in [-0.05, 0) is 37.6 Å². The van der Waals surface area contributed by atoms with E-state index in [4.69, 9.17) is 9.47 Å². The van der Waals surface area contributed by atoms with Gasteiger partial charge >= 0.3 is 5.97 Å². The number of carbonyl (C=O) groups excluding carboxylic acids is 2. The van der Waals surface area contributed by atoms with Crippen LogP contribution in [0.2, 0.25) is 0 Å². The lowest BCUT2D eigenvalue weighted by Gasteiger charge is -2.11. The van der Waals surface area contributed by atoms with Gasteiger partial charge in [0.05, 0.1) is 30.9 Å². The van der Waals surface area contributed by atoms with Crippen molar-refractivity contribution in [3.8, 4) is 5.75 Å². The second-order valence-corrected chi connectivity index (χ2v) is 5.99. The Hall–Kier alpha value is -2.82. The van der Waals surface area contributed by atoms with E-state index in [1.165, 1.54) is 0 Å².